The lowest BCUT2D eigenvalue weighted by molar-refractivity contribution is 0.0953. The van der Waals surface area contributed by atoms with Gasteiger partial charge in [0.2, 0.25) is 0 Å². The molecule has 1 amide bonds. The van der Waals surface area contributed by atoms with E-state index >= 15 is 0 Å². The number of nitrogens with one attached hydrogen (secondary N) is 2. The minimum absolute atomic E-state index is 0.216. The van der Waals surface area contributed by atoms with Gasteiger partial charge < -0.3 is 15.7 Å². The number of aliphatic hydroxyl groups is 1. The molecule has 1 aromatic rings. The molecule has 0 aliphatic heterocycles. The van der Waals surface area contributed by atoms with Crippen LogP contribution in [0.25, 0.3) is 0 Å². The fourth-order valence-electron chi connectivity index (χ4n) is 1.55. The monoisotopic (exact) mass is 254 g/mol. The molecule has 1 atom stereocenters. The van der Waals surface area contributed by atoms with Gasteiger partial charge in [-0.2, -0.15) is 0 Å². The number of aliphatic hydroxyl groups excluding tert-OH is 1. The summed E-state index contributed by atoms with van der Waals surface area (Å²) in [5.41, 5.74) is 1.09. The van der Waals surface area contributed by atoms with Crippen LogP contribution in [0.2, 0.25) is 0 Å². The molecule has 0 saturated carbocycles. The summed E-state index contributed by atoms with van der Waals surface area (Å²) in [5, 5.41) is 14.7. The normalized spacial score (nSPS) is 12.2. The van der Waals surface area contributed by atoms with Crippen LogP contribution in [0, 0.1) is 12.7 Å². The number of amides is 1. The smallest absolute Gasteiger partial charge is 0.251 e. The largest absolute Gasteiger partial charge is 0.392 e. The summed E-state index contributed by atoms with van der Waals surface area (Å²) in [6.45, 7) is 4.92. The average Bonchev–Trinajstić information content (AvgIpc) is 2.27. The first kappa shape index (κ1) is 14.6. The second-order valence-corrected chi connectivity index (χ2v) is 4.27. The summed E-state index contributed by atoms with van der Waals surface area (Å²) in [5.74, 6) is -0.561. The first-order valence-electron chi connectivity index (χ1n) is 5.94. The van der Waals surface area contributed by atoms with Crippen molar-refractivity contribution in [2.45, 2.75) is 20.0 Å². The third-order valence-electron chi connectivity index (χ3n) is 2.46. The highest BCUT2D eigenvalue weighted by atomic mass is 19.1. The van der Waals surface area contributed by atoms with Crippen molar-refractivity contribution in [2.75, 3.05) is 19.6 Å². The van der Waals surface area contributed by atoms with Crippen molar-refractivity contribution in [3.63, 3.8) is 0 Å². The van der Waals surface area contributed by atoms with Crippen LogP contribution in [-0.4, -0.2) is 36.8 Å². The molecule has 0 bridgehead atoms. The van der Waals surface area contributed by atoms with Gasteiger partial charge in [0, 0.05) is 25.2 Å². The van der Waals surface area contributed by atoms with E-state index in [1.807, 2.05) is 0 Å². The van der Waals surface area contributed by atoms with Gasteiger partial charge in [0.1, 0.15) is 5.82 Å². The van der Waals surface area contributed by atoms with E-state index < -0.39 is 6.10 Å². The molecule has 18 heavy (non-hydrogen) atoms. The zero-order valence-electron chi connectivity index (χ0n) is 10.7. The quantitative estimate of drug-likeness (QED) is 0.659. The first-order chi connectivity index (χ1) is 8.50. The van der Waals surface area contributed by atoms with E-state index in [2.05, 4.69) is 10.6 Å². The molecule has 1 rings (SSSR count). The molecular formula is C13H19FN2O2. The standard InChI is InChI=1S/C13H19FN2O2/c1-9-7-11(14)3-4-12(9)13(18)16-6-5-15-8-10(2)17/h3-4,7,10,15,17H,5-6,8H2,1-2H3,(H,16,18). The van der Waals surface area contributed by atoms with Crippen molar-refractivity contribution in [3.05, 3.63) is 35.1 Å². The molecule has 4 nitrogen and oxygen atoms in total. The maximum Gasteiger partial charge on any atom is 0.251 e. The fourth-order valence-corrected chi connectivity index (χ4v) is 1.55. The Morgan fingerprint density at radius 2 is 2.17 bits per heavy atom. The van der Waals surface area contributed by atoms with E-state index in [-0.39, 0.29) is 11.7 Å². The first-order valence-corrected chi connectivity index (χ1v) is 5.94. The highest BCUT2D eigenvalue weighted by Crippen LogP contribution is 2.09. The van der Waals surface area contributed by atoms with Gasteiger partial charge in [-0.05, 0) is 37.6 Å². The Hall–Kier alpha value is -1.46. The summed E-state index contributed by atoms with van der Waals surface area (Å²) in [6.07, 6.45) is -0.403. The molecule has 0 spiro atoms. The minimum Gasteiger partial charge on any atom is -0.392 e. The van der Waals surface area contributed by atoms with Crippen LogP contribution in [0.4, 0.5) is 4.39 Å². The van der Waals surface area contributed by atoms with E-state index in [4.69, 9.17) is 5.11 Å². The number of hydrogen-bond donors (Lipinski definition) is 3. The van der Waals surface area contributed by atoms with E-state index in [0.717, 1.165) is 0 Å². The van der Waals surface area contributed by atoms with Crippen LogP contribution in [0.3, 0.4) is 0 Å². The third kappa shape index (κ3) is 4.81. The molecule has 0 aliphatic rings. The van der Waals surface area contributed by atoms with Gasteiger partial charge in [0.05, 0.1) is 6.10 Å². The Labute approximate surface area is 106 Å². The summed E-state index contributed by atoms with van der Waals surface area (Å²) in [4.78, 5) is 11.8. The van der Waals surface area contributed by atoms with Crippen molar-refractivity contribution in [2.24, 2.45) is 0 Å². The zero-order chi connectivity index (χ0) is 13.5. The maximum atomic E-state index is 12.9. The molecule has 0 aliphatic carbocycles. The van der Waals surface area contributed by atoms with Gasteiger partial charge >= 0.3 is 0 Å². The number of aryl methyl sites for hydroxylation is 1. The van der Waals surface area contributed by atoms with Gasteiger partial charge in [-0.1, -0.05) is 0 Å². The molecule has 0 radical (unpaired) electrons. The van der Waals surface area contributed by atoms with Gasteiger partial charge in [0.25, 0.3) is 5.91 Å². The van der Waals surface area contributed by atoms with Crippen molar-refractivity contribution in [1.82, 2.24) is 10.6 Å². The fraction of sp³-hybridized carbons (Fsp3) is 0.462. The third-order valence-corrected chi connectivity index (χ3v) is 2.46. The van der Waals surface area contributed by atoms with Crippen LogP contribution in [0.15, 0.2) is 18.2 Å². The summed E-state index contributed by atoms with van der Waals surface area (Å²) in [6, 6.07) is 4.08. The summed E-state index contributed by atoms with van der Waals surface area (Å²) >= 11 is 0. The van der Waals surface area contributed by atoms with Crippen LogP contribution < -0.4 is 10.6 Å². The SMILES string of the molecule is Cc1cc(F)ccc1C(=O)NCCNCC(C)O. The van der Waals surface area contributed by atoms with Crippen molar-refractivity contribution in [3.8, 4) is 0 Å². The van der Waals surface area contributed by atoms with Gasteiger partial charge in [-0.3, -0.25) is 4.79 Å². The van der Waals surface area contributed by atoms with E-state index in [1.54, 1.807) is 13.8 Å². The predicted molar refractivity (Wildman–Crippen MR) is 68.0 cm³/mol. The van der Waals surface area contributed by atoms with E-state index in [0.29, 0.717) is 30.8 Å². The lowest BCUT2D eigenvalue weighted by Crippen LogP contribution is -2.34. The number of halogens is 1. The Kier molecular flexibility index (Phi) is 5.74. The molecule has 100 valence electrons. The molecule has 1 unspecified atom stereocenters. The predicted octanol–water partition coefficient (Wildman–Crippen LogP) is 0.834. The average molecular weight is 254 g/mol. The molecule has 1 aromatic carbocycles. The summed E-state index contributed by atoms with van der Waals surface area (Å²) in [7, 11) is 0. The van der Waals surface area contributed by atoms with Crippen LogP contribution >= 0.6 is 0 Å². The van der Waals surface area contributed by atoms with Crippen LogP contribution in [0.5, 0.6) is 0 Å². The zero-order valence-corrected chi connectivity index (χ0v) is 10.7. The molecule has 5 heteroatoms. The molecule has 3 N–H and O–H groups in total. The van der Waals surface area contributed by atoms with Crippen molar-refractivity contribution in [1.29, 1.82) is 0 Å². The van der Waals surface area contributed by atoms with Crippen molar-refractivity contribution < 1.29 is 14.3 Å². The topological polar surface area (TPSA) is 61.4 Å². The van der Waals surface area contributed by atoms with Crippen LogP contribution in [0.1, 0.15) is 22.8 Å². The Balaban J connectivity index is 2.36. The highest BCUT2D eigenvalue weighted by molar-refractivity contribution is 5.95. The molecule has 0 fully saturated rings. The Morgan fingerprint density at radius 3 is 2.78 bits per heavy atom. The van der Waals surface area contributed by atoms with E-state index in [1.165, 1.54) is 18.2 Å². The summed E-state index contributed by atoms with van der Waals surface area (Å²) < 4.78 is 12.9. The molecular weight excluding hydrogens is 235 g/mol. The molecule has 0 heterocycles. The Morgan fingerprint density at radius 1 is 1.44 bits per heavy atom. The van der Waals surface area contributed by atoms with Crippen molar-refractivity contribution >= 4 is 5.91 Å². The lowest BCUT2D eigenvalue weighted by atomic mass is 10.1. The number of hydrogen-bond acceptors (Lipinski definition) is 3. The van der Waals surface area contributed by atoms with E-state index in [9.17, 15) is 9.18 Å². The number of carbonyl (C=O) groups excluding carboxylic acids is 1. The van der Waals surface area contributed by atoms with Gasteiger partial charge in [-0.25, -0.2) is 4.39 Å². The molecule has 0 aromatic heterocycles. The number of rotatable bonds is 6. The minimum atomic E-state index is -0.403. The second kappa shape index (κ2) is 7.08. The molecule has 0 saturated heterocycles. The van der Waals surface area contributed by atoms with Gasteiger partial charge in [0.15, 0.2) is 0 Å². The lowest BCUT2D eigenvalue weighted by Gasteiger charge is -2.09. The maximum absolute atomic E-state index is 12.9. The van der Waals surface area contributed by atoms with Gasteiger partial charge in [-0.15, -0.1) is 0 Å². The Bertz CT molecular complexity index is 408. The van der Waals surface area contributed by atoms with Crippen LogP contribution in [-0.2, 0) is 0 Å². The number of carbonyl (C=O) groups is 1. The highest BCUT2D eigenvalue weighted by Gasteiger charge is 2.08. The number of benzene rings is 1. The second-order valence-electron chi connectivity index (χ2n) is 4.27.